The second-order valence-electron chi connectivity index (χ2n) is 8.49. The van der Waals surface area contributed by atoms with E-state index in [-0.39, 0.29) is 36.0 Å². The van der Waals surface area contributed by atoms with E-state index in [0.29, 0.717) is 18.5 Å². The summed E-state index contributed by atoms with van der Waals surface area (Å²) < 4.78 is 61.2. The number of hydrogen-bond acceptors (Lipinski definition) is 4. The summed E-state index contributed by atoms with van der Waals surface area (Å²) in [6.45, 7) is 4.02. The van der Waals surface area contributed by atoms with Gasteiger partial charge in [-0.1, -0.05) is 0 Å². The molecule has 2 aromatic rings. The molecule has 158 valence electrons. The Hall–Kier alpha value is -2.16. The zero-order valence-electron chi connectivity index (χ0n) is 16.5. The summed E-state index contributed by atoms with van der Waals surface area (Å²) in [5.74, 6) is 0.0436. The minimum absolute atomic E-state index is 0.0259. The Morgan fingerprint density at radius 2 is 1.93 bits per heavy atom. The largest absolute Gasteiger partial charge is 0.419 e. The Balaban J connectivity index is 1.65. The van der Waals surface area contributed by atoms with Gasteiger partial charge in [-0.05, 0) is 50.7 Å². The lowest BCUT2D eigenvalue weighted by Gasteiger charge is -2.22. The Labute approximate surface area is 166 Å². The van der Waals surface area contributed by atoms with Crippen molar-refractivity contribution in [1.29, 1.82) is 0 Å². The number of halogens is 4. The maximum Gasteiger partial charge on any atom is 0.419 e. The average molecular weight is 412 g/mol. The van der Waals surface area contributed by atoms with Crippen LogP contribution < -0.4 is 5.73 Å². The van der Waals surface area contributed by atoms with Crippen molar-refractivity contribution < 1.29 is 22.3 Å². The molecule has 4 atom stereocenters. The zero-order valence-corrected chi connectivity index (χ0v) is 16.5. The number of nitrogen functional groups attached to an aromatic ring is 1. The van der Waals surface area contributed by atoms with Crippen LogP contribution in [0, 0.1) is 11.8 Å². The van der Waals surface area contributed by atoms with Crippen molar-refractivity contribution in [2.24, 2.45) is 11.8 Å². The highest BCUT2D eigenvalue weighted by atomic mass is 19.4. The number of rotatable bonds is 5. The van der Waals surface area contributed by atoms with Gasteiger partial charge in [-0.2, -0.15) is 18.3 Å². The van der Waals surface area contributed by atoms with E-state index in [1.807, 2.05) is 24.6 Å². The van der Waals surface area contributed by atoms with Crippen molar-refractivity contribution >= 4 is 5.82 Å². The van der Waals surface area contributed by atoms with Crippen LogP contribution in [0.1, 0.15) is 49.9 Å². The van der Waals surface area contributed by atoms with Crippen LogP contribution in [0.5, 0.6) is 0 Å². The number of methoxy groups -OCH3 is 1. The molecule has 29 heavy (non-hydrogen) atoms. The zero-order chi connectivity index (χ0) is 21.1. The van der Waals surface area contributed by atoms with Gasteiger partial charge in [-0.15, -0.1) is 0 Å². The number of nitrogens with zero attached hydrogens (tertiary/aromatic N) is 3. The fourth-order valence-corrected chi connectivity index (χ4v) is 4.80. The van der Waals surface area contributed by atoms with E-state index in [9.17, 15) is 17.6 Å². The third-order valence-corrected chi connectivity index (χ3v) is 6.05. The maximum atomic E-state index is 14.7. The summed E-state index contributed by atoms with van der Waals surface area (Å²) >= 11 is 0. The van der Waals surface area contributed by atoms with E-state index >= 15 is 0 Å². The number of pyridine rings is 1. The van der Waals surface area contributed by atoms with Crippen LogP contribution in [0.4, 0.5) is 23.4 Å². The number of aromatic nitrogens is 3. The quantitative estimate of drug-likeness (QED) is 0.729. The number of alkyl halides is 4. The van der Waals surface area contributed by atoms with Crippen LogP contribution in [0.3, 0.4) is 0 Å². The van der Waals surface area contributed by atoms with E-state index in [2.05, 4.69) is 10.1 Å². The molecular weight excluding hydrogens is 388 g/mol. The van der Waals surface area contributed by atoms with E-state index in [1.54, 1.807) is 0 Å². The minimum atomic E-state index is -4.59. The van der Waals surface area contributed by atoms with Crippen molar-refractivity contribution in [2.75, 3.05) is 19.5 Å². The Bertz CT molecular complexity index is 912. The van der Waals surface area contributed by atoms with Crippen LogP contribution in [0.15, 0.2) is 18.3 Å². The lowest BCUT2D eigenvalue weighted by molar-refractivity contribution is -0.137. The van der Waals surface area contributed by atoms with Gasteiger partial charge in [-0.25, -0.2) is 9.37 Å². The van der Waals surface area contributed by atoms with Gasteiger partial charge in [-0.3, -0.25) is 4.68 Å². The van der Waals surface area contributed by atoms with Crippen molar-refractivity contribution in [1.82, 2.24) is 14.8 Å². The lowest BCUT2D eigenvalue weighted by Crippen LogP contribution is -2.27. The van der Waals surface area contributed by atoms with E-state index in [0.717, 1.165) is 11.8 Å². The van der Waals surface area contributed by atoms with Crippen LogP contribution in [-0.2, 0) is 10.9 Å². The highest BCUT2D eigenvalue weighted by molar-refractivity contribution is 5.63. The van der Waals surface area contributed by atoms with Crippen molar-refractivity contribution in [2.45, 2.75) is 50.5 Å². The van der Waals surface area contributed by atoms with Gasteiger partial charge in [0.1, 0.15) is 11.5 Å². The SMILES string of the molecule is COCC1(F)C[C@@H]2C(c3cc(-c4cnc(N)c(C(F)(F)F)c4)nn3C(C)C)[C@@H]2C1. The number of fused-ring (bicyclic) bond motifs is 1. The average Bonchev–Trinajstić information content (AvgIpc) is 2.96. The molecule has 2 unspecified atom stereocenters. The molecule has 2 saturated carbocycles. The molecule has 0 bridgehead atoms. The third kappa shape index (κ3) is 3.49. The molecule has 2 fully saturated rings. The van der Waals surface area contributed by atoms with Gasteiger partial charge < -0.3 is 10.5 Å². The first-order valence-corrected chi connectivity index (χ1v) is 9.64. The van der Waals surface area contributed by atoms with Gasteiger partial charge in [0, 0.05) is 36.5 Å². The summed E-state index contributed by atoms with van der Waals surface area (Å²) in [7, 11) is 1.50. The molecule has 0 aromatic carbocycles. The van der Waals surface area contributed by atoms with Gasteiger partial charge in [0.05, 0.1) is 17.9 Å². The summed E-state index contributed by atoms with van der Waals surface area (Å²) in [5.41, 5.74) is 4.77. The topological polar surface area (TPSA) is 66.0 Å². The molecule has 2 aromatic heterocycles. The molecule has 0 aliphatic heterocycles. The third-order valence-electron chi connectivity index (χ3n) is 6.05. The normalized spacial score (nSPS) is 28.8. The predicted molar refractivity (Wildman–Crippen MR) is 99.9 cm³/mol. The summed E-state index contributed by atoms with van der Waals surface area (Å²) in [5, 5.41) is 4.54. The van der Waals surface area contributed by atoms with Crippen LogP contribution in [-0.4, -0.2) is 34.1 Å². The molecule has 2 aliphatic rings. The fraction of sp³-hybridized carbons (Fsp3) is 0.600. The van der Waals surface area contributed by atoms with Gasteiger partial charge in [0.2, 0.25) is 0 Å². The molecule has 2 N–H and O–H groups in total. The summed E-state index contributed by atoms with van der Waals surface area (Å²) in [6, 6.07) is 2.82. The molecule has 2 aliphatic carbocycles. The van der Waals surface area contributed by atoms with Crippen LogP contribution in [0.2, 0.25) is 0 Å². The number of anilines is 1. The van der Waals surface area contributed by atoms with Gasteiger partial charge in [0.15, 0.2) is 0 Å². The molecule has 2 heterocycles. The van der Waals surface area contributed by atoms with Gasteiger partial charge in [0.25, 0.3) is 0 Å². The highest BCUT2D eigenvalue weighted by Crippen LogP contribution is 2.67. The Kier molecular flexibility index (Phi) is 4.64. The fourth-order valence-electron chi connectivity index (χ4n) is 4.80. The number of nitrogens with two attached hydrogens (primary N) is 1. The molecule has 9 heteroatoms. The standard InChI is InChI=1S/C20H24F4N4O/c1-10(2)28-16(17-12-6-19(21,9-29-3)7-13(12)17)5-15(27-28)11-4-14(20(22,23)24)18(25)26-8-11/h4-5,8,10,12-13,17H,6-7,9H2,1-3H3,(H2,25,26)/t12-,13+,17?,19?. The second kappa shape index (κ2) is 6.68. The molecule has 0 saturated heterocycles. The monoisotopic (exact) mass is 412 g/mol. The van der Waals surface area contributed by atoms with E-state index in [4.69, 9.17) is 10.5 Å². The van der Waals surface area contributed by atoms with E-state index in [1.165, 1.54) is 13.3 Å². The highest BCUT2D eigenvalue weighted by Gasteiger charge is 2.63. The van der Waals surface area contributed by atoms with E-state index < -0.39 is 23.2 Å². The van der Waals surface area contributed by atoms with Gasteiger partial charge >= 0.3 is 6.18 Å². The van der Waals surface area contributed by atoms with Crippen molar-refractivity contribution in [3.63, 3.8) is 0 Å². The maximum absolute atomic E-state index is 14.7. The van der Waals surface area contributed by atoms with Crippen molar-refractivity contribution in [3.05, 3.63) is 29.6 Å². The molecule has 0 radical (unpaired) electrons. The molecule has 0 amide bonds. The Morgan fingerprint density at radius 1 is 1.28 bits per heavy atom. The molecule has 5 nitrogen and oxygen atoms in total. The Morgan fingerprint density at radius 3 is 2.48 bits per heavy atom. The first-order chi connectivity index (χ1) is 13.5. The van der Waals surface area contributed by atoms with Crippen LogP contribution >= 0.6 is 0 Å². The lowest BCUT2D eigenvalue weighted by atomic mass is 9.96. The number of ether oxygens (including phenoxy) is 1. The molecular formula is C20H24F4N4O. The second-order valence-corrected chi connectivity index (χ2v) is 8.49. The molecule has 0 spiro atoms. The minimum Gasteiger partial charge on any atom is -0.383 e. The first kappa shape index (κ1) is 20.1. The number of hydrogen-bond donors (Lipinski definition) is 1. The van der Waals surface area contributed by atoms with Crippen LogP contribution in [0.25, 0.3) is 11.3 Å². The summed E-state index contributed by atoms with van der Waals surface area (Å²) in [4.78, 5) is 3.71. The first-order valence-electron chi connectivity index (χ1n) is 9.64. The van der Waals surface area contributed by atoms with Crippen molar-refractivity contribution in [3.8, 4) is 11.3 Å². The predicted octanol–water partition coefficient (Wildman–Crippen LogP) is 4.61. The smallest absolute Gasteiger partial charge is 0.383 e. The molecule has 4 rings (SSSR count). The summed E-state index contributed by atoms with van der Waals surface area (Å²) in [6.07, 6.45) is -2.40.